The molecule has 6 heteroatoms. The summed E-state index contributed by atoms with van der Waals surface area (Å²) in [6, 6.07) is 7.48. The average Bonchev–Trinajstić information content (AvgIpc) is 2.28. The Morgan fingerprint density at radius 3 is 2.68 bits per heavy atom. The number of anilines is 1. The molecule has 0 aromatic heterocycles. The van der Waals surface area contributed by atoms with Gasteiger partial charge in [0.1, 0.15) is 0 Å². The van der Waals surface area contributed by atoms with Crippen molar-refractivity contribution in [3.63, 3.8) is 0 Å². The molecule has 0 bridgehead atoms. The summed E-state index contributed by atoms with van der Waals surface area (Å²) in [4.78, 5) is 0. The van der Waals surface area contributed by atoms with Gasteiger partial charge < -0.3 is 10.1 Å². The predicted octanol–water partition coefficient (Wildman–Crippen LogP) is 1.57. The Kier molecular flexibility index (Phi) is 6.27. The van der Waals surface area contributed by atoms with E-state index < -0.39 is 10.0 Å². The number of hydrogen-bond donors (Lipinski definition) is 2. The van der Waals surface area contributed by atoms with Gasteiger partial charge in [0.25, 0.3) is 0 Å². The van der Waals surface area contributed by atoms with Gasteiger partial charge in [0.15, 0.2) is 0 Å². The molecule has 0 saturated carbocycles. The molecule has 2 N–H and O–H groups in total. The molecule has 0 atom stereocenters. The van der Waals surface area contributed by atoms with Gasteiger partial charge in [0, 0.05) is 25.4 Å². The lowest BCUT2D eigenvalue weighted by atomic mass is 10.2. The molecule has 0 fully saturated rings. The topological polar surface area (TPSA) is 67.4 Å². The van der Waals surface area contributed by atoms with Crippen LogP contribution in [0.2, 0.25) is 0 Å². The van der Waals surface area contributed by atoms with E-state index in [0.717, 1.165) is 5.56 Å². The van der Waals surface area contributed by atoms with E-state index in [1.165, 1.54) is 0 Å². The largest absolute Gasteiger partial charge is 0.380 e. The van der Waals surface area contributed by atoms with Crippen molar-refractivity contribution in [3.05, 3.63) is 29.8 Å². The molecule has 0 spiro atoms. The first-order valence-electron chi connectivity index (χ1n) is 6.24. The van der Waals surface area contributed by atoms with Crippen molar-refractivity contribution in [1.29, 1.82) is 0 Å². The summed E-state index contributed by atoms with van der Waals surface area (Å²) in [5, 5.41) is 3.08. The second kappa shape index (κ2) is 7.47. The van der Waals surface area contributed by atoms with E-state index in [-0.39, 0.29) is 11.8 Å². The number of benzene rings is 1. The van der Waals surface area contributed by atoms with E-state index in [2.05, 4.69) is 10.0 Å². The number of methoxy groups -OCH3 is 1. The van der Waals surface area contributed by atoms with Gasteiger partial charge in [-0.15, -0.1) is 0 Å². The monoisotopic (exact) mass is 286 g/mol. The van der Waals surface area contributed by atoms with Crippen molar-refractivity contribution >= 4 is 15.7 Å². The van der Waals surface area contributed by atoms with Crippen LogP contribution in [0.25, 0.3) is 0 Å². The summed E-state index contributed by atoms with van der Waals surface area (Å²) in [7, 11) is -1.71. The highest BCUT2D eigenvalue weighted by Gasteiger charge is 2.10. The van der Waals surface area contributed by atoms with Crippen LogP contribution in [0.5, 0.6) is 0 Å². The van der Waals surface area contributed by atoms with Crippen LogP contribution in [0.1, 0.15) is 19.4 Å². The number of ether oxygens (including phenoxy) is 1. The van der Waals surface area contributed by atoms with E-state index in [9.17, 15) is 8.42 Å². The second-order valence-corrected chi connectivity index (χ2v) is 6.51. The van der Waals surface area contributed by atoms with Crippen molar-refractivity contribution < 1.29 is 13.2 Å². The molecule has 0 unspecified atom stereocenters. The molecule has 0 amide bonds. The quantitative estimate of drug-likeness (QED) is 0.761. The third-order valence-corrected chi connectivity index (χ3v) is 3.72. The summed E-state index contributed by atoms with van der Waals surface area (Å²) >= 11 is 0. The van der Waals surface area contributed by atoms with Gasteiger partial charge in [-0.25, -0.2) is 8.42 Å². The number of rotatable bonds is 8. The highest BCUT2D eigenvalue weighted by atomic mass is 32.2. The molecular formula is C13H22N2O3S. The van der Waals surface area contributed by atoms with Crippen molar-refractivity contribution in [1.82, 2.24) is 5.32 Å². The van der Waals surface area contributed by atoms with E-state index in [1.807, 2.05) is 19.9 Å². The highest BCUT2D eigenvalue weighted by Crippen LogP contribution is 2.13. The predicted molar refractivity (Wildman–Crippen MR) is 77.7 cm³/mol. The Morgan fingerprint density at radius 2 is 2.05 bits per heavy atom. The zero-order chi connectivity index (χ0) is 14.3. The molecule has 5 nitrogen and oxygen atoms in total. The fraction of sp³-hybridized carbons (Fsp3) is 0.538. The third-order valence-electron chi connectivity index (χ3n) is 2.43. The molecule has 0 aliphatic rings. The minimum absolute atomic E-state index is 0.0552. The Hall–Kier alpha value is -1.11. The van der Waals surface area contributed by atoms with Crippen LogP contribution in [0.3, 0.4) is 0 Å². The third kappa shape index (κ3) is 6.56. The zero-order valence-electron chi connectivity index (χ0n) is 11.6. The summed E-state index contributed by atoms with van der Waals surface area (Å²) < 4.78 is 31.3. The maximum Gasteiger partial charge on any atom is 0.233 e. The lowest BCUT2D eigenvalue weighted by Gasteiger charge is -2.11. The van der Waals surface area contributed by atoms with Crippen LogP contribution in [-0.2, 0) is 21.4 Å². The Morgan fingerprint density at radius 1 is 1.32 bits per heavy atom. The van der Waals surface area contributed by atoms with Gasteiger partial charge in [-0.2, -0.15) is 0 Å². The van der Waals surface area contributed by atoms with Gasteiger partial charge in [-0.3, -0.25) is 4.72 Å². The van der Waals surface area contributed by atoms with Gasteiger partial charge in [-0.05, 0) is 17.7 Å². The maximum absolute atomic E-state index is 11.9. The van der Waals surface area contributed by atoms with E-state index in [4.69, 9.17) is 4.74 Å². The first-order valence-corrected chi connectivity index (χ1v) is 7.90. The van der Waals surface area contributed by atoms with E-state index in [1.54, 1.807) is 25.3 Å². The summed E-state index contributed by atoms with van der Waals surface area (Å²) in [5.74, 6) is 0.0552. The van der Waals surface area contributed by atoms with Crippen LogP contribution < -0.4 is 10.0 Å². The van der Waals surface area contributed by atoms with E-state index in [0.29, 0.717) is 18.8 Å². The minimum Gasteiger partial charge on any atom is -0.380 e. The van der Waals surface area contributed by atoms with Crippen molar-refractivity contribution in [2.45, 2.75) is 26.5 Å². The normalized spacial score (nSPS) is 11.8. The molecule has 0 saturated heterocycles. The molecule has 0 aliphatic heterocycles. The SMILES string of the molecule is COCc1cccc(NS(=O)(=O)CCNC(C)C)c1. The first kappa shape index (κ1) is 15.9. The molecule has 0 radical (unpaired) electrons. The van der Waals surface area contributed by atoms with Crippen LogP contribution in [-0.4, -0.2) is 33.9 Å². The van der Waals surface area contributed by atoms with Crippen molar-refractivity contribution in [2.75, 3.05) is 24.1 Å². The van der Waals surface area contributed by atoms with Gasteiger partial charge in [0.2, 0.25) is 10.0 Å². The minimum atomic E-state index is -3.32. The van der Waals surface area contributed by atoms with Gasteiger partial charge >= 0.3 is 0 Å². The van der Waals surface area contributed by atoms with Gasteiger partial charge in [0.05, 0.1) is 12.4 Å². The molecule has 19 heavy (non-hydrogen) atoms. The fourth-order valence-electron chi connectivity index (χ4n) is 1.60. The molecule has 1 aromatic carbocycles. The average molecular weight is 286 g/mol. The molecule has 1 aromatic rings. The number of hydrogen-bond acceptors (Lipinski definition) is 4. The van der Waals surface area contributed by atoms with Crippen molar-refractivity contribution in [3.8, 4) is 0 Å². The second-order valence-electron chi connectivity index (χ2n) is 4.66. The first-order chi connectivity index (χ1) is 8.93. The maximum atomic E-state index is 11.9. The Bertz CT molecular complexity index is 486. The van der Waals surface area contributed by atoms with Crippen LogP contribution in [0.4, 0.5) is 5.69 Å². The number of nitrogens with one attached hydrogen (secondary N) is 2. The summed E-state index contributed by atoms with van der Waals surface area (Å²) in [5.41, 5.74) is 1.50. The van der Waals surface area contributed by atoms with E-state index >= 15 is 0 Å². The molecule has 108 valence electrons. The van der Waals surface area contributed by atoms with Crippen molar-refractivity contribution in [2.24, 2.45) is 0 Å². The number of sulfonamides is 1. The smallest absolute Gasteiger partial charge is 0.233 e. The molecule has 1 rings (SSSR count). The fourth-order valence-corrected chi connectivity index (χ4v) is 2.58. The summed E-state index contributed by atoms with van der Waals surface area (Å²) in [6.45, 7) is 4.86. The molecule has 0 heterocycles. The molecule has 0 aliphatic carbocycles. The van der Waals surface area contributed by atoms with Crippen LogP contribution in [0.15, 0.2) is 24.3 Å². The summed E-state index contributed by atoms with van der Waals surface area (Å²) in [6.07, 6.45) is 0. The Labute approximate surface area is 115 Å². The lowest BCUT2D eigenvalue weighted by molar-refractivity contribution is 0.185. The van der Waals surface area contributed by atoms with Gasteiger partial charge in [-0.1, -0.05) is 26.0 Å². The standard InChI is InChI=1S/C13H22N2O3S/c1-11(2)14-7-8-19(16,17)15-13-6-4-5-12(9-13)10-18-3/h4-6,9,11,14-15H,7-8,10H2,1-3H3. The van der Waals surface area contributed by atoms with Crippen LogP contribution >= 0.6 is 0 Å². The van der Waals surface area contributed by atoms with Crippen LogP contribution in [0, 0.1) is 0 Å². The Balaban J connectivity index is 2.59. The zero-order valence-corrected chi connectivity index (χ0v) is 12.5. The highest BCUT2D eigenvalue weighted by molar-refractivity contribution is 7.92. The lowest BCUT2D eigenvalue weighted by Crippen LogP contribution is -2.30. The molecular weight excluding hydrogens is 264 g/mol.